The van der Waals surface area contributed by atoms with Gasteiger partial charge in [-0.3, -0.25) is 4.98 Å². The van der Waals surface area contributed by atoms with E-state index < -0.39 is 6.09 Å². The molecule has 19 heavy (non-hydrogen) atoms. The van der Waals surface area contributed by atoms with Crippen LogP contribution in [0.5, 0.6) is 0 Å². The molecular weight excluding hydrogens is 293 g/mol. The number of hydrogen-bond acceptors (Lipinski definition) is 4. The molecular formula is C11H13Cl2N3O3. The summed E-state index contributed by atoms with van der Waals surface area (Å²) in [5.74, 6) is 0. The number of hydrogen-bond donors (Lipinski definition) is 2. The van der Waals surface area contributed by atoms with Crippen LogP contribution in [0.4, 0.5) is 4.79 Å². The number of nitrogens with zero attached hydrogens (tertiary/aromatic N) is 2. The molecule has 8 heteroatoms. The normalized spacial score (nSPS) is 11.5. The van der Waals surface area contributed by atoms with E-state index in [-0.39, 0.29) is 23.4 Å². The molecule has 0 aliphatic heterocycles. The number of oxime groups is 1. The van der Waals surface area contributed by atoms with Crippen molar-refractivity contribution in [3.8, 4) is 0 Å². The van der Waals surface area contributed by atoms with E-state index in [9.17, 15) is 4.79 Å². The molecule has 0 aromatic carbocycles. The van der Waals surface area contributed by atoms with Crippen LogP contribution in [0.25, 0.3) is 0 Å². The molecule has 1 aromatic heterocycles. The summed E-state index contributed by atoms with van der Waals surface area (Å²) >= 11 is 11.7. The summed E-state index contributed by atoms with van der Waals surface area (Å²) < 4.78 is 0. The lowest BCUT2D eigenvalue weighted by Gasteiger charge is -2.09. The largest absolute Gasteiger partial charge is 0.465 e. The average molecular weight is 306 g/mol. The summed E-state index contributed by atoms with van der Waals surface area (Å²) in [6.07, 6.45) is 0.0715. The maximum atomic E-state index is 10.5. The van der Waals surface area contributed by atoms with E-state index >= 15 is 0 Å². The van der Waals surface area contributed by atoms with Crippen molar-refractivity contribution in [3.05, 3.63) is 28.0 Å². The zero-order chi connectivity index (χ0) is 14.4. The van der Waals surface area contributed by atoms with Gasteiger partial charge in [0, 0.05) is 6.20 Å². The number of carboxylic acid groups (broad SMARTS) is 1. The van der Waals surface area contributed by atoms with E-state index in [1.165, 1.54) is 12.3 Å². The first kappa shape index (κ1) is 15.5. The van der Waals surface area contributed by atoms with Crippen molar-refractivity contribution in [2.45, 2.75) is 20.0 Å². The highest BCUT2D eigenvalue weighted by Crippen LogP contribution is 2.19. The van der Waals surface area contributed by atoms with E-state index in [1.807, 2.05) is 0 Å². The molecule has 0 spiro atoms. The van der Waals surface area contributed by atoms with Gasteiger partial charge in [-0.15, -0.1) is 0 Å². The summed E-state index contributed by atoms with van der Waals surface area (Å²) in [6, 6.07) is 1.50. The van der Waals surface area contributed by atoms with Gasteiger partial charge in [-0.05, 0) is 19.9 Å². The zero-order valence-corrected chi connectivity index (χ0v) is 11.9. The summed E-state index contributed by atoms with van der Waals surface area (Å²) in [5.41, 5.74) is 0.596. The Morgan fingerprint density at radius 2 is 2.26 bits per heavy atom. The molecule has 0 saturated carbocycles. The van der Waals surface area contributed by atoms with Crippen LogP contribution in [-0.2, 0) is 4.84 Å². The quantitative estimate of drug-likeness (QED) is 0.647. The molecule has 0 atom stereocenters. The van der Waals surface area contributed by atoms with Gasteiger partial charge in [0.05, 0.1) is 16.6 Å². The van der Waals surface area contributed by atoms with Gasteiger partial charge in [0.15, 0.2) is 0 Å². The maximum absolute atomic E-state index is 10.5. The Morgan fingerprint density at radius 3 is 2.79 bits per heavy atom. The van der Waals surface area contributed by atoms with Crippen molar-refractivity contribution < 1.29 is 14.7 Å². The van der Waals surface area contributed by atoms with Crippen molar-refractivity contribution in [1.82, 2.24) is 10.3 Å². The second kappa shape index (κ2) is 7.16. The highest BCUT2D eigenvalue weighted by Gasteiger charge is 2.13. The van der Waals surface area contributed by atoms with Gasteiger partial charge in [-0.1, -0.05) is 28.4 Å². The second-order valence-electron chi connectivity index (χ2n) is 3.83. The first-order valence-corrected chi connectivity index (χ1v) is 6.16. The summed E-state index contributed by atoms with van der Waals surface area (Å²) in [6.45, 7) is 3.52. The third kappa shape index (κ3) is 5.32. The van der Waals surface area contributed by atoms with Crippen LogP contribution >= 0.6 is 23.2 Å². The summed E-state index contributed by atoms with van der Waals surface area (Å²) in [5, 5.41) is 15.3. The smallest absolute Gasteiger partial charge is 0.404 e. The van der Waals surface area contributed by atoms with Crippen molar-refractivity contribution in [2.24, 2.45) is 5.16 Å². The van der Waals surface area contributed by atoms with Crippen LogP contribution in [0.2, 0.25) is 10.0 Å². The average Bonchev–Trinajstić information content (AvgIpc) is 2.30. The number of nitrogens with one attached hydrogen (secondary N) is 1. The molecule has 1 aromatic rings. The molecule has 0 bridgehead atoms. The Morgan fingerprint density at radius 1 is 1.58 bits per heavy atom. The summed E-state index contributed by atoms with van der Waals surface area (Å²) in [4.78, 5) is 19.7. The van der Waals surface area contributed by atoms with Crippen molar-refractivity contribution in [1.29, 1.82) is 0 Å². The molecule has 0 aliphatic carbocycles. The van der Waals surface area contributed by atoms with Gasteiger partial charge in [0.1, 0.15) is 17.5 Å². The monoisotopic (exact) mass is 305 g/mol. The number of carbonyl (C=O) groups is 1. The van der Waals surface area contributed by atoms with Gasteiger partial charge in [0.25, 0.3) is 0 Å². The standard InChI is InChI=1S/C11H13Cl2N3O3/c1-6(2)19-16-9(5-15-11(17)18)10-8(13)3-7(12)4-14-10/h3-4,6,15H,5H2,1-2H3,(H,17,18). The lowest BCUT2D eigenvalue weighted by atomic mass is 10.2. The highest BCUT2D eigenvalue weighted by atomic mass is 35.5. The minimum Gasteiger partial charge on any atom is -0.465 e. The topological polar surface area (TPSA) is 83.8 Å². The zero-order valence-electron chi connectivity index (χ0n) is 10.4. The van der Waals surface area contributed by atoms with Gasteiger partial charge < -0.3 is 15.3 Å². The van der Waals surface area contributed by atoms with Crippen molar-refractivity contribution in [3.63, 3.8) is 0 Å². The molecule has 0 saturated heterocycles. The maximum Gasteiger partial charge on any atom is 0.404 e. The molecule has 104 valence electrons. The Bertz CT molecular complexity index is 492. The van der Waals surface area contributed by atoms with Crippen LogP contribution < -0.4 is 5.32 Å². The van der Waals surface area contributed by atoms with Gasteiger partial charge in [-0.2, -0.15) is 0 Å². The fourth-order valence-corrected chi connectivity index (χ4v) is 1.60. The Labute approximate surface area is 120 Å². The lowest BCUT2D eigenvalue weighted by molar-refractivity contribution is 0.0857. The van der Waals surface area contributed by atoms with E-state index in [4.69, 9.17) is 33.1 Å². The van der Waals surface area contributed by atoms with Crippen LogP contribution in [0, 0.1) is 0 Å². The molecule has 2 N–H and O–H groups in total. The Balaban J connectivity index is 3.00. The Kier molecular flexibility index (Phi) is 5.85. The summed E-state index contributed by atoms with van der Waals surface area (Å²) in [7, 11) is 0. The van der Waals surface area contributed by atoms with Crippen LogP contribution in [-0.4, -0.2) is 34.5 Å². The van der Waals surface area contributed by atoms with E-state index in [0.29, 0.717) is 10.7 Å². The number of pyridine rings is 1. The number of aromatic nitrogens is 1. The fraction of sp³-hybridized carbons (Fsp3) is 0.364. The number of halogens is 2. The molecule has 6 nitrogen and oxygen atoms in total. The number of amides is 1. The first-order chi connectivity index (χ1) is 8.90. The third-order valence-corrected chi connectivity index (χ3v) is 2.36. The number of rotatable bonds is 5. The van der Waals surface area contributed by atoms with E-state index in [2.05, 4.69) is 15.5 Å². The predicted molar refractivity (Wildman–Crippen MR) is 73.0 cm³/mol. The van der Waals surface area contributed by atoms with E-state index in [1.54, 1.807) is 13.8 Å². The fourth-order valence-electron chi connectivity index (χ4n) is 1.11. The van der Waals surface area contributed by atoms with E-state index in [0.717, 1.165) is 0 Å². The second-order valence-corrected chi connectivity index (χ2v) is 4.68. The van der Waals surface area contributed by atoms with Gasteiger partial charge >= 0.3 is 6.09 Å². The molecule has 0 radical (unpaired) electrons. The molecule has 1 rings (SSSR count). The molecule has 1 amide bonds. The van der Waals surface area contributed by atoms with Crippen molar-refractivity contribution in [2.75, 3.05) is 6.54 Å². The van der Waals surface area contributed by atoms with Crippen molar-refractivity contribution >= 4 is 35.0 Å². The first-order valence-electron chi connectivity index (χ1n) is 5.41. The SMILES string of the molecule is CC(C)ON=C(CNC(=O)O)c1ncc(Cl)cc1Cl. The highest BCUT2D eigenvalue weighted by molar-refractivity contribution is 6.36. The predicted octanol–water partition coefficient (Wildman–Crippen LogP) is 2.79. The lowest BCUT2D eigenvalue weighted by Crippen LogP contribution is -2.29. The minimum atomic E-state index is -1.18. The van der Waals surface area contributed by atoms with Crippen LogP contribution in [0.15, 0.2) is 17.4 Å². The van der Waals surface area contributed by atoms with Gasteiger partial charge in [0.2, 0.25) is 0 Å². The Hall–Kier alpha value is -1.53. The minimum absolute atomic E-state index is 0.0730. The van der Waals surface area contributed by atoms with Crippen LogP contribution in [0.3, 0.4) is 0 Å². The molecule has 0 unspecified atom stereocenters. The van der Waals surface area contributed by atoms with Crippen LogP contribution in [0.1, 0.15) is 19.5 Å². The third-order valence-electron chi connectivity index (χ3n) is 1.86. The van der Waals surface area contributed by atoms with Gasteiger partial charge in [-0.25, -0.2) is 4.79 Å². The molecule has 1 heterocycles. The molecule has 0 fully saturated rings. The molecule has 0 aliphatic rings.